The smallest absolute Gasteiger partial charge is 0.296 e. The van der Waals surface area contributed by atoms with Gasteiger partial charge in [0, 0.05) is 27.8 Å². The molecule has 0 spiro atoms. The molecule has 0 bridgehead atoms. The Bertz CT molecular complexity index is 1140. The molecule has 0 aliphatic carbocycles. The quantitative estimate of drug-likeness (QED) is 0.502. The van der Waals surface area contributed by atoms with Crippen LogP contribution < -0.4 is 4.90 Å². The van der Waals surface area contributed by atoms with Crippen molar-refractivity contribution < 1.29 is 13.2 Å². The number of hydrogen-bond donors (Lipinski definition) is 0. The van der Waals surface area contributed by atoms with Gasteiger partial charge in [-0.25, -0.2) is 13.2 Å². The molecular formula is C17H11Cl4N3O3S. The lowest BCUT2D eigenvalue weighted by Gasteiger charge is -2.16. The summed E-state index contributed by atoms with van der Waals surface area (Å²) in [5.41, 5.74) is 0.534. The molecule has 3 rings (SSSR count). The molecule has 1 amide bonds. The van der Waals surface area contributed by atoms with E-state index in [1.165, 1.54) is 30.1 Å². The molecule has 0 saturated heterocycles. The van der Waals surface area contributed by atoms with Gasteiger partial charge in [0.15, 0.2) is 0 Å². The fourth-order valence-electron chi connectivity index (χ4n) is 2.34. The number of rotatable bonds is 3. The molecule has 0 N–H and O–H groups in total. The monoisotopic (exact) mass is 477 g/mol. The Balaban J connectivity index is 1.98. The van der Waals surface area contributed by atoms with Crippen molar-refractivity contribution in [3.8, 4) is 0 Å². The van der Waals surface area contributed by atoms with E-state index in [9.17, 15) is 13.2 Å². The van der Waals surface area contributed by atoms with Crippen molar-refractivity contribution in [2.24, 2.45) is 0 Å². The second-order valence-corrected chi connectivity index (χ2v) is 9.23. The predicted molar refractivity (Wildman–Crippen MR) is 110 cm³/mol. The molecule has 3 aromatic rings. The fourth-order valence-corrected chi connectivity index (χ4v) is 4.85. The maximum atomic E-state index is 12.9. The van der Waals surface area contributed by atoms with E-state index >= 15 is 0 Å². The molecule has 146 valence electrons. The van der Waals surface area contributed by atoms with Gasteiger partial charge >= 0.3 is 6.03 Å². The Hall–Kier alpha value is -1.77. The summed E-state index contributed by atoms with van der Waals surface area (Å²) in [6, 6.07) is 9.74. The van der Waals surface area contributed by atoms with Crippen LogP contribution in [-0.4, -0.2) is 31.3 Å². The highest BCUT2D eigenvalue weighted by atomic mass is 35.5. The van der Waals surface area contributed by atoms with E-state index in [1.807, 2.05) is 0 Å². The summed E-state index contributed by atoms with van der Waals surface area (Å²) in [5, 5.41) is 3.97. The van der Waals surface area contributed by atoms with E-state index in [4.69, 9.17) is 46.4 Å². The third kappa shape index (κ3) is 4.14. The van der Waals surface area contributed by atoms with Crippen LogP contribution in [0.3, 0.4) is 0 Å². The second kappa shape index (κ2) is 7.93. The van der Waals surface area contributed by atoms with Gasteiger partial charge in [-0.3, -0.25) is 4.90 Å². The van der Waals surface area contributed by atoms with Crippen LogP contribution in [0.1, 0.15) is 0 Å². The number of nitrogens with zero attached hydrogens (tertiary/aromatic N) is 3. The molecule has 0 unspecified atom stereocenters. The fraction of sp³-hybridized carbons (Fsp3) is 0.0588. The SMILES string of the molecule is CN(C(=O)n1cc(Cl)c(S(=O)(=O)c2cc(Cl)cc(Cl)c2)n1)c1ccc(Cl)cc1. The van der Waals surface area contributed by atoms with Crippen LogP contribution >= 0.6 is 46.4 Å². The zero-order chi connectivity index (χ0) is 20.6. The third-order valence-corrected chi connectivity index (χ3v) is 6.48. The maximum Gasteiger partial charge on any atom is 0.348 e. The molecule has 11 heteroatoms. The van der Waals surface area contributed by atoms with Crippen LogP contribution in [0.4, 0.5) is 10.5 Å². The highest BCUT2D eigenvalue weighted by Crippen LogP contribution is 2.30. The second-order valence-electron chi connectivity index (χ2n) is 5.65. The van der Waals surface area contributed by atoms with Crippen LogP contribution in [-0.2, 0) is 9.84 Å². The number of carbonyl (C=O) groups is 1. The normalized spacial score (nSPS) is 11.5. The van der Waals surface area contributed by atoms with Crippen molar-refractivity contribution in [1.82, 2.24) is 9.78 Å². The summed E-state index contributed by atoms with van der Waals surface area (Å²) in [7, 11) is -2.64. The Morgan fingerprint density at radius 3 is 2.11 bits per heavy atom. The van der Waals surface area contributed by atoms with Gasteiger partial charge < -0.3 is 0 Å². The van der Waals surface area contributed by atoms with Crippen molar-refractivity contribution >= 4 is 68.0 Å². The highest BCUT2D eigenvalue weighted by Gasteiger charge is 2.28. The summed E-state index contributed by atoms with van der Waals surface area (Å²) in [5.74, 6) is 0. The zero-order valence-electron chi connectivity index (χ0n) is 14.1. The molecule has 0 aliphatic rings. The first-order chi connectivity index (χ1) is 13.1. The average Bonchev–Trinajstić information content (AvgIpc) is 3.03. The van der Waals surface area contributed by atoms with Crippen molar-refractivity contribution in [2.75, 3.05) is 11.9 Å². The van der Waals surface area contributed by atoms with Gasteiger partial charge in [0.2, 0.25) is 14.9 Å². The topological polar surface area (TPSA) is 72.3 Å². The molecule has 6 nitrogen and oxygen atoms in total. The van der Waals surface area contributed by atoms with Crippen LogP contribution in [0.15, 0.2) is 58.6 Å². The molecule has 2 aromatic carbocycles. The largest absolute Gasteiger partial charge is 0.348 e. The lowest BCUT2D eigenvalue weighted by atomic mass is 10.3. The van der Waals surface area contributed by atoms with E-state index < -0.39 is 20.9 Å². The molecular weight excluding hydrogens is 468 g/mol. The predicted octanol–water partition coefficient (Wildman–Crippen LogP) is 5.43. The van der Waals surface area contributed by atoms with Crippen LogP contribution in [0.25, 0.3) is 0 Å². The number of carbonyl (C=O) groups excluding carboxylic acids is 1. The van der Waals surface area contributed by atoms with Gasteiger partial charge in [-0.15, -0.1) is 0 Å². The van der Waals surface area contributed by atoms with Crippen LogP contribution in [0.5, 0.6) is 0 Å². The van der Waals surface area contributed by atoms with Crippen LogP contribution in [0, 0.1) is 0 Å². The van der Waals surface area contributed by atoms with Gasteiger partial charge in [-0.2, -0.15) is 9.78 Å². The lowest BCUT2D eigenvalue weighted by Crippen LogP contribution is -2.31. The molecule has 0 aliphatic heterocycles. The summed E-state index contributed by atoms with van der Waals surface area (Å²) in [6.07, 6.45) is 1.12. The molecule has 1 heterocycles. The van der Waals surface area contributed by atoms with E-state index in [0.29, 0.717) is 10.7 Å². The first kappa shape index (κ1) is 21.0. The highest BCUT2D eigenvalue weighted by molar-refractivity contribution is 7.91. The Morgan fingerprint density at radius 2 is 1.54 bits per heavy atom. The van der Waals surface area contributed by atoms with Crippen molar-refractivity contribution in [1.29, 1.82) is 0 Å². The third-order valence-electron chi connectivity index (χ3n) is 3.74. The summed E-state index contributed by atoms with van der Waals surface area (Å²) >= 11 is 23.7. The number of halogens is 4. The van der Waals surface area contributed by atoms with Gasteiger partial charge in [-0.05, 0) is 42.5 Å². The molecule has 0 radical (unpaired) electrons. The summed E-state index contributed by atoms with van der Waals surface area (Å²) < 4.78 is 26.6. The molecule has 1 aromatic heterocycles. The minimum atomic E-state index is -4.14. The standard InChI is InChI=1S/C17H11Cl4N3O3S/c1-23(13-4-2-10(18)3-5-13)17(25)24-9-15(21)16(22-24)28(26,27)14-7-11(19)6-12(20)8-14/h2-9H,1H3. The zero-order valence-corrected chi connectivity index (χ0v) is 17.9. The van der Waals surface area contributed by atoms with E-state index in [0.717, 1.165) is 10.9 Å². The number of sulfone groups is 1. The molecule has 0 saturated carbocycles. The van der Waals surface area contributed by atoms with E-state index in [-0.39, 0.29) is 20.0 Å². The average molecular weight is 479 g/mol. The van der Waals surface area contributed by atoms with Crippen molar-refractivity contribution in [3.05, 3.63) is 68.8 Å². The van der Waals surface area contributed by atoms with E-state index in [1.54, 1.807) is 24.3 Å². The van der Waals surface area contributed by atoms with Crippen LogP contribution in [0.2, 0.25) is 20.1 Å². The summed E-state index contributed by atoms with van der Waals surface area (Å²) in [6.45, 7) is 0. The minimum absolute atomic E-state index is 0.139. The minimum Gasteiger partial charge on any atom is -0.296 e. The Labute approximate surface area is 181 Å². The number of hydrogen-bond acceptors (Lipinski definition) is 4. The first-order valence-electron chi connectivity index (χ1n) is 7.59. The number of amides is 1. The summed E-state index contributed by atoms with van der Waals surface area (Å²) in [4.78, 5) is 13.8. The molecule has 0 atom stereocenters. The number of anilines is 1. The molecule has 28 heavy (non-hydrogen) atoms. The lowest BCUT2D eigenvalue weighted by molar-refractivity contribution is 0.246. The van der Waals surface area contributed by atoms with Crippen molar-refractivity contribution in [2.45, 2.75) is 9.92 Å². The van der Waals surface area contributed by atoms with E-state index in [2.05, 4.69) is 5.10 Å². The Morgan fingerprint density at radius 1 is 0.964 bits per heavy atom. The van der Waals surface area contributed by atoms with Crippen molar-refractivity contribution in [3.63, 3.8) is 0 Å². The van der Waals surface area contributed by atoms with Gasteiger partial charge in [0.1, 0.15) is 0 Å². The maximum absolute atomic E-state index is 12.9. The Kier molecular flexibility index (Phi) is 5.93. The number of benzene rings is 2. The number of aromatic nitrogens is 2. The first-order valence-corrected chi connectivity index (χ1v) is 10.6. The van der Waals surface area contributed by atoms with Gasteiger partial charge in [0.25, 0.3) is 0 Å². The molecule has 0 fully saturated rings. The van der Waals surface area contributed by atoms with Gasteiger partial charge in [0.05, 0.1) is 16.1 Å². The van der Waals surface area contributed by atoms with Gasteiger partial charge in [-0.1, -0.05) is 46.4 Å².